The summed E-state index contributed by atoms with van der Waals surface area (Å²) in [6.45, 7) is 2.30. The number of fused-ring (bicyclic) bond motifs is 1. The predicted octanol–water partition coefficient (Wildman–Crippen LogP) is 1.69. The van der Waals surface area contributed by atoms with Crippen molar-refractivity contribution in [3.8, 4) is 0 Å². The lowest BCUT2D eigenvalue weighted by atomic mass is 9.90. The van der Waals surface area contributed by atoms with Crippen LogP contribution in [0.15, 0.2) is 18.3 Å². The van der Waals surface area contributed by atoms with Gasteiger partial charge in [0.1, 0.15) is 5.82 Å². The Morgan fingerprint density at radius 3 is 3.17 bits per heavy atom. The average molecular weight is 247 g/mol. The Balaban J connectivity index is 1.89. The van der Waals surface area contributed by atoms with Gasteiger partial charge in [0, 0.05) is 24.8 Å². The lowest BCUT2D eigenvalue weighted by Crippen LogP contribution is -2.53. The van der Waals surface area contributed by atoms with Crippen LogP contribution in [0.5, 0.6) is 0 Å². The normalized spacial score (nSPS) is 27.9. The quantitative estimate of drug-likeness (QED) is 0.864. The summed E-state index contributed by atoms with van der Waals surface area (Å²) in [5.41, 5.74) is 6.97. The fraction of sp³-hybridized carbons (Fsp3) is 0.643. The van der Waals surface area contributed by atoms with Crippen molar-refractivity contribution in [2.24, 2.45) is 5.73 Å². The summed E-state index contributed by atoms with van der Waals surface area (Å²) in [5, 5.41) is 0. The number of anilines is 1. The van der Waals surface area contributed by atoms with Crippen molar-refractivity contribution in [2.45, 2.75) is 44.4 Å². The second kappa shape index (κ2) is 5.24. The third-order valence-corrected chi connectivity index (χ3v) is 4.09. The third-order valence-electron chi connectivity index (χ3n) is 4.09. The molecule has 1 aromatic heterocycles. The lowest BCUT2D eigenvalue weighted by Gasteiger charge is -2.44. The van der Waals surface area contributed by atoms with Crippen LogP contribution < -0.4 is 10.6 Å². The number of hydrogen-bond donors (Lipinski definition) is 1. The Bertz CT molecular complexity index is 408. The van der Waals surface area contributed by atoms with Gasteiger partial charge in [-0.05, 0) is 18.9 Å². The number of morpholine rings is 1. The molecule has 0 bridgehead atoms. The van der Waals surface area contributed by atoms with Crippen LogP contribution in [0.2, 0.25) is 0 Å². The van der Waals surface area contributed by atoms with Crippen LogP contribution in [0.1, 0.15) is 31.2 Å². The minimum absolute atomic E-state index is 0.389. The van der Waals surface area contributed by atoms with Crippen molar-refractivity contribution in [1.82, 2.24) is 4.98 Å². The van der Waals surface area contributed by atoms with E-state index in [2.05, 4.69) is 16.0 Å². The van der Waals surface area contributed by atoms with E-state index in [9.17, 15) is 0 Å². The van der Waals surface area contributed by atoms with Crippen LogP contribution in [0.25, 0.3) is 0 Å². The molecule has 0 spiro atoms. The molecule has 18 heavy (non-hydrogen) atoms. The van der Waals surface area contributed by atoms with E-state index in [-0.39, 0.29) is 0 Å². The van der Waals surface area contributed by atoms with E-state index in [0.717, 1.165) is 24.5 Å². The van der Waals surface area contributed by atoms with Gasteiger partial charge in [-0.15, -0.1) is 0 Å². The van der Waals surface area contributed by atoms with Crippen LogP contribution in [0.4, 0.5) is 5.82 Å². The summed E-state index contributed by atoms with van der Waals surface area (Å²) in [7, 11) is 0. The van der Waals surface area contributed by atoms with Gasteiger partial charge in [0.15, 0.2) is 0 Å². The van der Waals surface area contributed by atoms with Crippen LogP contribution in [-0.4, -0.2) is 30.3 Å². The molecule has 1 aliphatic carbocycles. The second-order valence-electron chi connectivity index (χ2n) is 5.14. The Morgan fingerprint density at radius 1 is 1.39 bits per heavy atom. The first-order chi connectivity index (χ1) is 8.90. The number of aromatic nitrogens is 1. The fourth-order valence-corrected chi connectivity index (χ4v) is 3.21. The molecule has 4 nitrogen and oxygen atoms in total. The van der Waals surface area contributed by atoms with Gasteiger partial charge in [-0.25, -0.2) is 4.98 Å². The molecule has 2 aliphatic rings. The highest BCUT2D eigenvalue weighted by atomic mass is 16.5. The zero-order chi connectivity index (χ0) is 12.4. The van der Waals surface area contributed by atoms with Crippen molar-refractivity contribution in [3.63, 3.8) is 0 Å². The molecule has 0 radical (unpaired) electrons. The van der Waals surface area contributed by atoms with E-state index in [0.29, 0.717) is 18.7 Å². The summed E-state index contributed by atoms with van der Waals surface area (Å²) in [4.78, 5) is 6.98. The molecule has 1 aromatic rings. The second-order valence-corrected chi connectivity index (χ2v) is 5.14. The van der Waals surface area contributed by atoms with Crippen molar-refractivity contribution in [1.29, 1.82) is 0 Å². The molecular weight excluding hydrogens is 226 g/mol. The van der Waals surface area contributed by atoms with Gasteiger partial charge >= 0.3 is 0 Å². The van der Waals surface area contributed by atoms with E-state index in [1.165, 1.54) is 25.7 Å². The Morgan fingerprint density at radius 2 is 2.28 bits per heavy atom. The molecule has 1 aliphatic heterocycles. The highest BCUT2D eigenvalue weighted by Gasteiger charge is 2.35. The van der Waals surface area contributed by atoms with Gasteiger partial charge in [0.25, 0.3) is 0 Å². The Labute approximate surface area is 108 Å². The molecule has 2 fully saturated rings. The SMILES string of the molecule is NCc1cccnc1N1CCOC2CCCCC21. The van der Waals surface area contributed by atoms with Crippen LogP contribution in [-0.2, 0) is 11.3 Å². The Hall–Kier alpha value is -1.13. The molecule has 0 amide bonds. The molecule has 2 heterocycles. The number of ether oxygens (including phenoxy) is 1. The number of rotatable bonds is 2. The molecule has 3 rings (SSSR count). The maximum Gasteiger partial charge on any atom is 0.133 e. The van der Waals surface area contributed by atoms with Crippen LogP contribution in [0.3, 0.4) is 0 Å². The predicted molar refractivity (Wildman–Crippen MR) is 71.5 cm³/mol. The smallest absolute Gasteiger partial charge is 0.133 e. The molecule has 2 unspecified atom stereocenters. The monoisotopic (exact) mass is 247 g/mol. The third kappa shape index (κ3) is 2.10. The zero-order valence-corrected chi connectivity index (χ0v) is 10.7. The van der Waals surface area contributed by atoms with Gasteiger partial charge in [0.05, 0.1) is 18.8 Å². The Kier molecular flexibility index (Phi) is 3.48. The summed E-state index contributed by atoms with van der Waals surface area (Å²) in [6.07, 6.45) is 7.24. The number of nitrogens with two attached hydrogens (primary N) is 1. The minimum atomic E-state index is 0.389. The van der Waals surface area contributed by atoms with Gasteiger partial charge in [-0.3, -0.25) is 0 Å². The summed E-state index contributed by atoms with van der Waals surface area (Å²) >= 11 is 0. The van der Waals surface area contributed by atoms with Crippen LogP contribution >= 0.6 is 0 Å². The maximum atomic E-state index is 5.91. The molecule has 2 atom stereocenters. The zero-order valence-electron chi connectivity index (χ0n) is 10.7. The fourth-order valence-electron chi connectivity index (χ4n) is 3.21. The molecule has 2 N–H and O–H groups in total. The van der Waals surface area contributed by atoms with Crippen molar-refractivity contribution in [3.05, 3.63) is 23.9 Å². The van der Waals surface area contributed by atoms with Gasteiger partial charge in [0.2, 0.25) is 0 Å². The summed E-state index contributed by atoms with van der Waals surface area (Å²) in [6, 6.07) is 4.54. The standard InChI is InChI=1S/C14H21N3O/c15-10-11-4-3-7-16-14(11)17-8-9-18-13-6-2-1-5-12(13)17/h3-4,7,12-13H,1-2,5-6,8-10,15H2. The first kappa shape index (κ1) is 11.9. The van der Waals surface area contributed by atoms with Gasteiger partial charge in [-0.2, -0.15) is 0 Å². The highest BCUT2D eigenvalue weighted by Crippen LogP contribution is 2.32. The van der Waals surface area contributed by atoms with Crippen LogP contribution in [0, 0.1) is 0 Å². The van der Waals surface area contributed by atoms with E-state index >= 15 is 0 Å². The molecule has 4 heteroatoms. The number of pyridine rings is 1. The average Bonchev–Trinajstić information content (AvgIpc) is 2.46. The van der Waals surface area contributed by atoms with Gasteiger partial charge < -0.3 is 15.4 Å². The van der Waals surface area contributed by atoms with Crippen molar-refractivity contribution in [2.75, 3.05) is 18.1 Å². The molecule has 98 valence electrons. The highest BCUT2D eigenvalue weighted by molar-refractivity contribution is 5.48. The molecule has 1 saturated carbocycles. The minimum Gasteiger partial charge on any atom is -0.374 e. The molecular formula is C14H21N3O. The van der Waals surface area contributed by atoms with E-state index < -0.39 is 0 Å². The van der Waals surface area contributed by atoms with E-state index in [4.69, 9.17) is 10.5 Å². The number of hydrogen-bond acceptors (Lipinski definition) is 4. The van der Waals surface area contributed by atoms with E-state index in [1.54, 1.807) is 0 Å². The van der Waals surface area contributed by atoms with Gasteiger partial charge in [-0.1, -0.05) is 18.9 Å². The molecule has 1 saturated heterocycles. The molecule has 0 aromatic carbocycles. The topological polar surface area (TPSA) is 51.4 Å². The van der Waals surface area contributed by atoms with E-state index in [1.807, 2.05) is 12.3 Å². The largest absolute Gasteiger partial charge is 0.374 e. The maximum absolute atomic E-state index is 5.91. The first-order valence-electron chi connectivity index (χ1n) is 6.92. The van der Waals surface area contributed by atoms with Crippen molar-refractivity contribution >= 4 is 5.82 Å². The lowest BCUT2D eigenvalue weighted by molar-refractivity contribution is -0.00904. The first-order valence-corrected chi connectivity index (χ1v) is 6.92. The summed E-state index contributed by atoms with van der Waals surface area (Å²) in [5.74, 6) is 1.07. The van der Waals surface area contributed by atoms with Crippen molar-refractivity contribution < 1.29 is 4.74 Å². The summed E-state index contributed by atoms with van der Waals surface area (Å²) < 4.78 is 5.91. The number of nitrogens with zero attached hydrogens (tertiary/aromatic N) is 2.